The van der Waals surface area contributed by atoms with Crippen molar-refractivity contribution in [2.75, 3.05) is 7.11 Å². The Morgan fingerprint density at radius 2 is 1.74 bits per heavy atom. The zero-order valence-corrected chi connectivity index (χ0v) is 11.5. The van der Waals surface area contributed by atoms with E-state index in [1.807, 2.05) is 12.1 Å². The van der Waals surface area contributed by atoms with Crippen molar-refractivity contribution in [3.63, 3.8) is 0 Å². The van der Waals surface area contributed by atoms with Crippen molar-refractivity contribution in [3.8, 4) is 17.0 Å². The topological polar surface area (TPSA) is 14.2 Å². The van der Waals surface area contributed by atoms with Gasteiger partial charge in [0.25, 0.3) is 0 Å². The minimum atomic E-state index is 0.888. The third-order valence-corrected chi connectivity index (χ3v) is 3.64. The van der Waals surface area contributed by atoms with E-state index in [1.165, 1.54) is 27.7 Å². The molecule has 0 saturated carbocycles. The van der Waals surface area contributed by atoms with E-state index in [0.717, 1.165) is 5.75 Å². The fraction of sp³-hybridized carbons (Fsp3) is 0.176. The summed E-state index contributed by atoms with van der Waals surface area (Å²) < 4.78 is 7.46. The minimum Gasteiger partial charge on any atom is -0.497 e. The molecule has 0 fully saturated rings. The number of fused-ring (bicyclic) bond motifs is 1. The molecule has 0 aliphatic heterocycles. The van der Waals surface area contributed by atoms with Gasteiger partial charge in [0.2, 0.25) is 0 Å². The van der Waals surface area contributed by atoms with Crippen LogP contribution in [0, 0.1) is 6.92 Å². The van der Waals surface area contributed by atoms with Crippen LogP contribution < -0.4 is 4.74 Å². The largest absolute Gasteiger partial charge is 0.497 e. The summed E-state index contributed by atoms with van der Waals surface area (Å²) >= 11 is 0. The number of methoxy groups -OCH3 is 1. The van der Waals surface area contributed by atoms with Gasteiger partial charge in [0.1, 0.15) is 5.75 Å². The number of aryl methyl sites for hydroxylation is 2. The Kier molecular flexibility index (Phi) is 2.79. The van der Waals surface area contributed by atoms with Gasteiger partial charge in [-0.05, 0) is 48.4 Å². The molecule has 2 heteroatoms. The fourth-order valence-corrected chi connectivity index (χ4v) is 2.66. The molecule has 0 amide bonds. The maximum Gasteiger partial charge on any atom is 0.118 e. The minimum absolute atomic E-state index is 0.888. The molecule has 0 spiro atoms. The van der Waals surface area contributed by atoms with Gasteiger partial charge in [-0.2, -0.15) is 0 Å². The summed E-state index contributed by atoms with van der Waals surface area (Å²) in [6.45, 7) is 2.15. The molecule has 0 aliphatic rings. The predicted octanol–water partition coefficient (Wildman–Crippen LogP) is 4.16. The highest BCUT2D eigenvalue weighted by Gasteiger charge is 2.09. The van der Waals surface area contributed by atoms with E-state index in [-0.39, 0.29) is 0 Å². The lowest BCUT2D eigenvalue weighted by Gasteiger charge is -2.07. The van der Waals surface area contributed by atoms with Gasteiger partial charge in [-0.25, -0.2) is 0 Å². The highest BCUT2D eigenvalue weighted by atomic mass is 16.5. The van der Waals surface area contributed by atoms with Crippen molar-refractivity contribution in [2.45, 2.75) is 6.92 Å². The molecule has 1 heterocycles. The second-order valence-corrected chi connectivity index (χ2v) is 4.83. The van der Waals surface area contributed by atoms with Gasteiger partial charge in [-0.1, -0.05) is 18.2 Å². The number of ether oxygens (including phenoxy) is 1. The van der Waals surface area contributed by atoms with E-state index >= 15 is 0 Å². The van der Waals surface area contributed by atoms with Gasteiger partial charge in [0.05, 0.1) is 12.6 Å². The zero-order chi connectivity index (χ0) is 13.4. The smallest absolute Gasteiger partial charge is 0.118 e. The monoisotopic (exact) mass is 251 g/mol. The number of benzene rings is 2. The van der Waals surface area contributed by atoms with E-state index in [9.17, 15) is 0 Å². The van der Waals surface area contributed by atoms with Crippen molar-refractivity contribution in [1.82, 2.24) is 4.57 Å². The molecule has 2 nitrogen and oxygen atoms in total. The summed E-state index contributed by atoms with van der Waals surface area (Å²) in [4.78, 5) is 0. The molecule has 3 aromatic rings. The maximum atomic E-state index is 5.21. The Labute approximate surface area is 113 Å². The van der Waals surface area contributed by atoms with E-state index in [1.54, 1.807) is 7.11 Å². The lowest BCUT2D eigenvalue weighted by Crippen LogP contribution is -1.93. The third kappa shape index (κ3) is 1.89. The lowest BCUT2D eigenvalue weighted by molar-refractivity contribution is 0.415. The summed E-state index contributed by atoms with van der Waals surface area (Å²) in [5.41, 5.74) is 5.04. The molecule has 0 aliphatic carbocycles. The van der Waals surface area contributed by atoms with Crippen molar-refractivity contribution in [2.24, 2.45) is 7.05 Å². The normalized spacial score (nSPS) is 10.9. The fourth-order valence-electron chi connectivity index (χ4n) is 2.66. The Bertz CT molecular complexity index is 723. The quantitative estimate of drug-likeness (QED) is 0.667. The first-order valence-electron chi connectivity index (χ1n) is 6.40. The van der Waals surface area contributed by atoms with Crippen LogP contribution in [-0.2, 0) is 7.05 Å². The molecule has 1 aromatic heterocycles. The second kappa shape index (κ2) is 4.47. The summed E-state index contributed by atoms with van der Waals surface area (Å²) in [6, 6.07) is 16.9. The van der Waals surface area contributed by atoms with Gasteiger partial charge in [0, 0.05) is 18.1 Å². The molecule has 96 valence electrons. The number of nitrogens with zero attached hydrogens (tertiary/aromatic N) is 1. The van der Waals surface area contributed by atoms with Crippen molar-refractivity contribution in [1.29, 1.82) is 0 Å². The molecule has 2 aromatic carbocycles. The standard InChI is InChI=1S/C17H17NO/c1-12-5-4-6-14-11-16(18(2)17(12)14)13-7-9-15(19-3)10-8-13/h4-11H,1-3H3. The average molecular weight is 251 g/mol. The van der Waals surface area contributed by atoms with Crippen LogP contribution in [0.2, 0.25) is 0 Å². The molecule has 0 N–H and O–H groups in total. The Morgan fingerprint density at radius 1 is 1.00 bits per heavy atom. The molecule has 3 rings (SSSR count). The highest BCUT2D eigenvalue weighted by molar-refractivity contribution is 5.89. The maximum absolute atomic E-state index is 5.21. The summed E-state index contributed by atoms with van der Waals surface area (Å²) in [5, 5.41) is 1.29. The number of hydrogen-bond donors (Lipinski definition) is 0. The Hall–Kier alpha value is -2.22. The number of rotatable bonds is 2. The summed E-state index contributed by atoms with van der Waals surface area (Å²) in [6.07, 6.45) is 0. The van der Waals surface area contributed by atoms with Gasteiger partial charge in [0.15, 0.2) is 0 Å². The van der Waals surface area contributed by atoms with Gasteiger partial charge >= 0.3 is 0 Å². The molecule has 0 radical (unpaired) electrons. The molecule has 0 atom stereocenters. The molecular weight excluding hydrogens is 234 g/mol. The Morgan fingerprint density at radius 3 is 2.37 bits per heavy atom. The van der Waals surface area contributed by atoms with E-state index in [2.05, 4.69) is 54.9 Å². The molecule has 0 bridgehead atoms. The molecule has 19 heavy (non-hydrogen) atoms. The third-order valence-electron chi connectivity index (χ3n) is 3.64. The van der Waals surface area contributed by atoms with E-state index in [4.69, 9.17) is 4.74 Å². The van der Waals surface area contributed by atoms with Crippen molar-refractivity contribution < 1.29 is 4.74 Å². The first-order valence-corrected chi connectivity index (χ1v) is 6.40. The zero-order valence-electron chi connectivity index (χ0n) is 11.5. The number of aromatic nitrogens is 1. The molecular formula is C17H17NO. The van der Waals surface area contributed by atoms with Gasteiger partial charge in [-0.15, -0.1) is 0 Å². The van der Waals surface area contributed by atoms with Crippen molar-refractivity contribution >= 4 is 10.9 Å². The van der Waals surface area contributed by atoms with Crippen LogP contribution in [-0.4, -0.2) is 11.7 Å². The van der Waals surface area contributed by atoms with Crippen LogP contribution in [0.4, 0.5) is 0 Å². The first-order chi connectivity index (χ1) is 9.20. The van der Waals surface area contributed by atoms with Gasteiger partial charge in [-0.3, -0.25) is 0 Å². The van der Waals surface area contributed by atoms with Gasteiger partial charge < -0.3 is 9.30 Å². The lowest BCUT2D eigenvalue weighted by atomic mass is 10.1. The summed E-state index contributed by atoms with van der Waals surface area (Å²) in [5.74, 6) is 0.888. The van der Waals surface area contributed by atoms with Crippen LogP contribution in [0.1, 0.15) is 5.56 Å². The molecule has 0 unspecified atom stereocenters. The Balaban J connectivity index is 2.19. The van der Waals surface area contributed by atoms with Crippen LogP contribution in [0.25, 0.3) is 22.2 Å². The van der Waals surface area contributed by atoms with Crippen LogP contribution >= 0.6 is 0 Å². The first kappa shape index (κ1) is 11.8. The van der Waals surface area contributed by atoms with E-state index in [0.29, 0.717) is 0 Å². The van der Waals surface area contributed by atoms with Crippen LogP contribution in [0.3, 0.4) is 0 Å². The summed E-state index contributed by atoms with van der Waals surface area (Å²) in [7, 11) is 3.81. The average Bonchev–Trinajstić information content (AvgIpc) is 2.78. The van der Waals surface area contributed by atoms with Crippen LogP contribution in [0.15, 0.2) is 48.5 Å². The SMILES string of the molecule is COc1ccc(-c2cc3cccc(C)c3n2C)cc1. The van der Waals surface area contributed by atoms with Crippen LogP contribution in [0.5, 0.6) is 5.75 Å². The van der Waals surface area contributed by atoms with Crippen molar-refractivity contribution in [3.05, 3.63) is 54.1 Å². The predicted molar refractivity (Wildman–Crippen MR) is 79.6 cm³/mol. The molecule has 0 saturated heterocycles. The number of para-hydroxylation sites is 1. The van der Waals surface area contributed by atoms with E-state index < -0.39 is 0 Å². The number of hydrogen-bond acceptors (Lipinski definition) is 1. The second-order valence-electron chi connectivity index (χ2n) is 4.83. The highest BCUT2D eigenvalue weighted by Crippen LogP contribution is 2.29.